The van der Waals surface area contributed by atoms with Gasteiger partial charge in [-0.3, -0.25) is 9.69 Å². The van der Waals surface area contributed by atoms with Crippen LogP contribution in [0.3, 0.4) is 0 Å². The molecule has 1 saturated heterocycles. The number of piperazine rings is 1. The zero-order chi connectivity index (χ0) is 16.4. The molecule has 0 unspecified atom stereocenters. The number of carbonyl (C=O) groups is 1. The average molecular weight is 326 g/mol. The van der Waals surface area contributed by atoms with Gasteiger partial charge < -0.3 is 4.90 Å². The van der Waals surface area contributed by atoms with Gasteiger partial charge in [-0.25, -0.2) is 0 Å². The first-order chi connectivity index (χ1) is 11.8. The molecular weight excluding hydrogens is 304 g/mol. The predicted octanol–water partition coefficient (Wildman–Crippen LogP) is 0.375. The van der Waals surface area contributed by atoms with Crippen LogP contribution in [0.1, 0.15) is 17.5 Å². The van der Waals surface area contributed by atoms with Gasteiger partial charge in [0.15, 0.2) is 6.33 Å². The molecule has 1 aliphatic carbocycles. The third kappa shape index (κ3) is 3.17. The predicted molar refractivity (Wildman–Crippen MR) is 88.2 cm³/mol. The molecule has 1 atom stereocenters. The van der Waals surface area contributed by atoms with Gasteiger partial charge in [-0.15, -0.1) is 10.2 Å². The van der Waals surface area contributed by atoms with Gasteiger partial charge in [0.1, 0.15) is 6.54 Å². The Hall–Kier alpha value is -2.28. The molecule has 0 N–H and O–H groups in total. The normalized spacial score (nSPS) is 21.5. The summed E-state index contributed by atoms with van der Waals surface area (Å²) in [6, 6.07) is 9.38. The number of nitrogens with zero attached hydrogens (tertiary/aromatic N) is 6. The van der Waals surface area contributed by atoms with Crippen molar-refractivity contribution in [2.24, 2.45) is 0 Å². The number of hydrogen-bond donors (Lipinski definition) is 0. The van der Waals surface area contributed by atoms with Crippen LogP contribution in [0.15, 0.2) is 30.6 Å². The second-order valence-electron chi connectivity index (χ2n) is 6.55. The van der Waals surface area contributed by atoms with Gasteiger partial charge in [-0.05, 0) is 35.6 Å². The number of aromatic nitrogens is 4. The quantitative estimate of drug-likeness (QED) is 0.815. The van der Waals surface area contributed by atoms with E-state index in [9.17, 15) is 4.79 Å². The topological polar surface area (TPSA) is 67.2 Å². The SMILES string of the molecule is O=C(Cn1ncnn1)N1CCN([C@@H]2CCc3ccccc3C2)CC1. The van der Waals surface area contributed by atoms with E-state index in [4.69, 9.17) is 0 Å². The lowest BCUT2D eigenvalue weighted by atomic mass is 9.87. The van der Waals surface area contributed by atoms with E-state index in [-0.39, 0.29) is 12.5 Å². The lowest BCUT2D eigenvalue weighted by molar-refractivity contribution is -0.134. The smallest absolute Gasteiger partial charge is 0.246 e. The summed E-state index contributed by atoms with van der Waals surface area (Å²) in [6.45, 7) is 3.64. The molecule has 1 aliphatic heterocycles. The van der Waals surface area contributed by atoms with Gasteiger partial charge in [0, 0.05) is 32.2 Å². The number of benzene rings is 1. The van der Waals surface area contributed by atoms with Crippen LogP contribution in [0.5, 0.6) is 0 Å². The van der Waals surface area contributed by atoms with Crippen LogP contribution in [-0.2, 0) is 24.2 Å². The first kappa shape index (κ1) is 15.3. The Balaban J connectivity index is 1.31. The van der Waals surface area contributed by atoms with Gasteiger partial charge in [0.25, 0.3) is 0 Å². The van der Waals surface area contributed by atoms with Crippen LogP contribution in [0.2, 0.25) is 0 Å². The van der Waals surface area contributed by atoms with Crippen LogP contribution in [0, 0.1) is 0 Å². The fourth-order valence-corrected chi connectivity index (χ4v) is 3.81. The van der Waals surface area contributed by atoms with E-state index in [1.54, 1.807) is 0 Å². The molecule has 1 fully saturated rings. The van der Waals surface area contributed by atoms with Crippen molar-refractivity contribution in [2.45, 2.75) is 31.8 Å². The van der Waals surface area contributed by atoms with Crippen LogP contribution >= 0.6 is 0 Å². The highest BCUT2D eigenvalue weighted by molar-refractivity contribution is 5.75. The second kappa shape index (κ2) is 6.68. The molecule has 2 heterocycles. The Bertz CT molecular complexity index is 693. The summed E-state index contributed by atoms with van der Waals surface area (Å²) in [5, 5.41) is 11.3. The maximum Gasteiger partial charge on any atom is 0.246 e. The molecule has 1 aromatic heterocycles. The monoisotopic (exact) mass is 326 g/mol. The largest absolute Gasteiger partial charge is 0.338 e. The third-order valence-electron chi connectivity index (χ3n) is 5.17. The van der Waals surface area contributed by atoms with Crippen molar-refractivity contribution in [3.05, 3.63) is 41.7 Å². The molecule has 0 radical (unpaired) electrons. The number of fused-ring (bicyclic) bond motifs is 1. The van der Waals surface area contributed by atoms with Crippen molar-refractivity contribution in [2.75, 3.05) is 26.2 Å². The second-order valence-corrected chi connectivity index (χ2v) is 6.55. The summed E-state index contributed by atoms with van der Waals surface area (Å²) >= 11 is 0. The molecule has 0 spiro atoms. The van der Waals surface area contributed by atoms with Crippen molar-refractivity contribution in [3.63, 3.8) is 0 Å². The van der Waals surface area contributed by atoms with Crippen LogP contribution in [0.4, 0.5) is 0 Å². The Morgan fingerprint density at radius 1 is 1.12 bits per heavy atom. The molecule has 1 amide bonds. The first-order valence-electron chi connectivity index (χ1n) is 8.59. The molecular formula is C17H22N6O. The fraction of sp³-hybridized carbons (Fsp3) is 0.529. The Morgan fingerprint density at radius 3 is 2.67 bits per heavy atom. The highest BCUT2D eigenvalue weighted by atomic mass is 16.2. The van der Waals surface area contributed by atoms with Crippen LogP contribution < -0.4 is 0 Å². The van der Waals surface area contributed by atoms with E-state index >= 15 is 0 Å². The minimum atomic E-state index is 0.0710. The van der Waals surface area contributed by atoms with E-state index in [2.05, 4.69) is 44.6 Å². The van der Waals surface area contributed by atoms with E-state index in [1.807, 2.05) is 4.90 Å². The molecule has 2 aliphatic rings. The van der Waals surface area contributed by atoms with Crippen LogP contribution in [0.25, 0.3) is 0 Å². The van der Waals surface area contributed by atoms with Gasteiger partial charge in [-0.2, -0.15) is 4.80 Å². The zero-order valence-electron chi connectivity index (χ0n) is 13.7. The Morgan fingerprint density at radius 2 is 1.92 bits per heavy atom. The molecule has 0 bridgehead atoms. The Kier molecular flexibility index (Phi) is 4.25. The van der Waals surface area contributed by atoms with E-state index in [0.717, 1.165) is 39.0 Å². The average Bonchev–Trinajstić information content (AvgIpc) is 3.14. The highest BCUT2D eigenvalue weighted by Crippen LogP contribution is 2.25. The first-order valence-corrected chi connectivity index (χ1v) is 8.59. The fourth-order valence-electron chi connectivity index (χ4n) is 3.81. The number of amides is 1. The van der Waals surface area contributed by atoms with E-state index in [1.165, 1.54) is 28.7 Å². The van der Waals surface area contributed by atoms with Crippen LogP contribution in [-0.4, -0.2) is 68.1 Å². The summed E-state index contributed by atoms with van der Waals surface area (Å²) < 4.78 is 0. The lowest BCUT2D eigenvalue weighted by Gasteiger charge is -2.41. The summed E-state index contributed by atoms with van der Waals surface area (Å²) in [5.74, 6) is 0.0710. The van der Waals surface area contributed by atoms with Crippen molar-refractivity contribution >= 4 is 5.91 Å². The molecule has 1 aromatic carbocycles. The van der Waals surface area contributed by atoms with E-state index in [0.29, 0.717) is 6.04 Å². The summed E-state index contributed by atoms with van der Waals surface area (Å²) in [4.78, 5) is 18.1. The minimum absolute atomic E-state index is 0.0710. The molecule has 24 heavy (non-hydrogen) atoms. The molecule has 2 aromatic rings. The summed E-state index contributed by atoms with van der Waals surface area (Å²) in [6.07, 6.45) is 4.87. The number of tetrazole rings is 1. The maximum atomic E-state index is 12.3. The number of hydrogen-bond acceptors (Lipinski definition) is 5. The number of carbonyl (C=O) groups excluding carboxylic acids is 1. The van der Waals surface area contributed by atoms with Crippen molar-refractivity contribution < 1.29 is 4.79 Å². The highest BCUT2D eigenvalue weighted by Gasteiger charge is 2.28. The molecule has 4 rings (SSSR count). The zero-order valence-corrected chi connectivity index (χ0v) is 13.7. The number of aryl methyl sites for hydroxylation is 1. The standard InChI is InChI=1S/C17H22N6O/c24-17(12-23-19-13-18-20-23)22-9-7-21(8-10-22)16-6-5-14-3-1-2-4-15(14)11-16/h1-4,13,16H,5-12H2/t16-/m1/s1. The molecule has 7 nitrogen and oxygen atoms in total. The maximum absolute atomic E-state index is 12.3. The minimum Gasteiger partial charge on any atom is -0.338 e. The van der Waals surface area contributed by atoms with E-state index < -0.39 is 0 Å². The van der Waals surface area contributed by atoms with Crippen molar-refractivity contribution in [1.29, 1.82) is 0 Å². The molecule has 7 heteroatoms. The number of rotatable bonds is 3. The van der Waals surface area contributed by atoms with Crippen molar-refractivity contribution in [1.82, 2.24) is 30.0 Å². The van der Waals surface area contributed by atoms with Gasteiger partial charge in [0.05, 0.1) is 0 Å². The van der Waals surface area contributed by atoms with Gasteiger partial charge in [-0.1, -0.05) is 24.3 Å². The summed E-state index contributed by atoms with van der Waals surface area (Å²) in [5.41, 5.74) is 2.99. The Labute approximate surface area is 141 Å². The van der Waals surface area contributed by atoms with Crippen molar-refractivity contribution in [3.8, 4) is 0 Å². The van der Waals surface area contributed by atoms with Gasteiger partial charge >= 0.3 is 0 Å². The summed E-state index contributed by atoms with van der Waals surface area (Å²) in [7, 11) is 0. The molecule has 126 valence electrons. The lowest BCUT2D eigenvalue weighted by Crippen LogP contribution is -2.53. The van der Waals surface area contributed by atoms with Gasteiger partial charge in [0.2, 0.25) is 5.91 Å². The molecule has 0 saturated carbocycles. The third-order valence-corrected chi connectivity index (χ3v) is 5.17.